The molecule has 128 valence electrons. The SMILES string of the molecule is CCOC(=O)C(F)[C@@H](N)c1ccc(OCc2ccccc2)cc1O. The number of esters is 1. The number of aromatic hydroxyl groups is 1. The maximum absolute atomic E-state index is 14.0. The van der Waals surface area contributed by atoms with Crippen LogP contribution in [0.5, 0.6) is 11.5 Å². The predicted molar refractivity (Wildman–Crippen MR) is 87.3 cm³/mol. The molecule has 0 aliphatic carbocycles. The van der Waals surface area contributed by atoms with Gasteiger partial charge in [0.15, 0.2) is 0 Å². The van der Waals surface area contributed by atoms with Gasteiger partial charge in [0.05, 0.1) is 12.6 Å². The summed E-state index contributed by atoms with van der Waals surface area (Å²) in [5, 5.41) is 10.0. The van der Waals surface area contributed by atoms with Crippen LogP contribution in [0.3, 0.4) is 0 Å². The van der Waals surface area contributed by atoms with Crippen LogP contribution in [-0.4, -0.2) is 23.9 Å². The van der Waals surface area contributed by atoms with Crippen LogP contribution in [-0.2, 0) is 16.1 Å². The molecule has 0 heterocycles. The van der Waals surface area contributed by atoms with Gasteiger partial charge in [-0.2, -0.15) is 0 Å². The van der Waals surface area contributed by atoms with Crippen molar-refractivity contribution in [2.24, 2.45) is 5.73 Å². The first-order valence-corrected chi connectivity index (χ1v) is 7.58. The fourth-order valence-corrected chi connectivity index (χ4v) is 2.16. The number of halogens is 1. The average molecular weight is 333 g/mol. The van der Waals surface area contributed by atoms with Crippen LogP contribution in [0.1, 0.15) is 24.1 Å². The van der Waals surface area contributed by atoms with Crippen molar-refractivity contribution >= 4 is 5.97 Å². The molecule has 5 nitrogen and oxygen atoms in total. The number of benzene rings is 2. The molecule has 0 saturated heterocycles. The molecule has 3 N–H and O–H groups in total. The van der Waals surface area contributed by atoms with E-state index in [1.54, 1.807) is 13.0 Å². The number of ether oxygens (including phenoxy) is 2. The Hall–Kier alpha value is -2.60. The molecule has 0 saturated carbocycles. The van der Waals surface area contributed by atoms with Crippen molar-refractivity contribution in [2.75, 3.05) is 6.61 Å². The molecule has 0 aromatic heterocycles. The molecule has 0 spiro atoms. The van der Waals surface area contributed by atoms with Crippen molar-refractivity contribution < 1.29 is 23.8 Å². The first-order chi connectivity index (χ1) is 11.5. The van der Waals surface area contributed by atoms with Crippen LogP contribution in [0.2, 0.25) is 0 Å². The number of nitrogens with two attached hydrogens (primary N) is 1. The lowest BCUT2D eigenvalue weighted by Gasteiger charge is -2.17. The fourth-order valence-electron chi connectivity index (χ4n) is 2.16. The maximum atomic E-state index is 14.0. The van der Waals surface area contributed by atoms with Crippen molar-refractivity contribution in [3.05, 3.63) is 59.7 Å². The molecule has 6 heteroatoms. The highest BCUT2D eigenvalue weighted by Crippen LogP contribution is 2.30. The van der Waals surface area contributed by atoms with Crippen molar-refractivity contribution in [2.45, 2.75) is 25.7 Å². The second kappa shape index (κ2) is 8.31. The number of phenols is 1. The van der Waals surface area contributed by atoms with Crippen molar-refractivity contribution in [3.63, 3.8) is 0 Å². The Morgan fingerprint density at radius 3 is 2.58 bits per heavy atom. The van der Waals surface area contributed by atoms with Gasteiger partial charge in [-0.05, 0) is 24.6 Å². The third-order valence-electron chi connectivity index (χ3n) is 3.44. The Labute approximate surface area is 139 Å². The van der Waals surface area contributed by atoms with Gasteiger partial charge in [-0.1, -0.05) is 30.3 Å². The fraction of sp³-hybridized carbons (Fsp3) is 0.278. The number of alkyl halides is 1. The molecule has 0 radical (unpaired) electrons. The Kier molecular flexibility index (Phi) is 6.14. The van der Waals surface area contributed by atoms with E-state index in [0.717, 1.165) is 5.56 Å². The van der Waals surface area contributed by atoms with Gasteiger partial charge in [0.1, 0.15) is 18.1 Å². The van der Waals surface area contributed by atoms with Gasteiger partial charge in [0, 0.05) is 11.6 Å². The molecule has 0 bridgehead atoms. The largest absolute Gasteiger partial charge is 0.507 e. The van der Waals surface area contributed by atoms with E-state index in [4.69, 9.17) is 10.5 Å². The van der Waals surface area contributed by atoms with E-state index in [9.17, 15) is 14.3 Å². The van der Waals surface area contributed by atoms with E-state index in [1.165, 1.54) is 12.1 Å². The smallest absolute Gasteiger partial charge is 0.342 e. The molecule has 2 rings (SSSR count). The van der Waals surface area contributed by atoms with Crippen LogP contribution in [0.25, 0.3) is 0 Å². The van der Waals surface area contributed by atoms with E-state index in [1.807, 2.05) is 30.3 Å². The number of hydrogen-bond acceptors (Lipinski definition) is 5. The minimum Gasteiger partial charge on any atom is -0.507 e. The van der Waals surface area contributed by atoms with Crippen LogP contribution >= 0.6 is 0 Å². The van der Waals surface area contributed by atoms with E-state index in [2.05, 4.69) is 4.74 Å². The zero-order valence-corrected chi connectivity index (χ0v) is 13.3. The van der Waals surface area contributed by atoms with E-state index >= 15 is 0 Å². The molecule has 0 amide bonds. The van der Waals surface area contributed by atoms with Gasteiger partial charge >= 0.3 is 5.97 Å². The third kappa shape index (κ3) is 4.45. The van der Waals surface area contributed by atoms with Gasteiger partial charge in [0.2, 0.25) is 6.17 Å². The lowest BCUT2D eigenvalue weighted by atomic mass is 10.0. The highest BCUT2D eigenvalue weighted by Gasteiger charge is 2.29. The first kappa shape index (κ1) is 17.7. The Morgan fingerprint density at radius 2 is 1.96 bits per heavy atom. The van der Waals surface area contributed by atoms with Crippen LogP contribution in [0.15, 0.2) is 48.5 Å². The lowest BCUT2D eigenvalue weighted by molar-refractivity contribution is -0.149. The van der Waals surface area contributed by atoms with Crippen molar-refractivity contribution in [3.8, 4) is 11.5 Å². The summed E-state index contributed by atoms with van der Waals surface area (Å²) in [5.74, 6) is -0.868. The quantitative estimate of drug-likeness (QED) is 0.762. The molecule has 2 aromatic carbocycles. The number of phenolic OH excluding ortho intramolecular Hbond substituents is 1. The number of carbonyl (C=O) groups is 1. The zero-order chi connectivity index (χ0) is 17.5. The molecule has 0 fully saturated rings. The molecular weight excluding hydrogens is 313 g/mol. The van der Waals surface area contributed by atoms with Crippen LogP contribution in [0, 0.1) is 0 Å². The normalized spacial score (nSPS) is 13.1. The van der Waals surface area contributed by atoms with Gasteiger partial charge < -0.3 is 20.3 Å². The summed E-state index contributed by atoms with van der Waals surface area (Å²) in [6.45, 7) is 1.97. The Balaban J connectivity index is 2.04. The Morgan fingerprint density at radius 1 is 1.25 bits per heavy atom. The predicted octanol–water partition coefficient (Wildman–Crippen LogP) is 2.87. The topological polar surface area (TPSA) is 81.8 Å². The summed E-state index contributed by atoms with van der Waals surface area (Å²) in [7, 11) is 0. The summed E-state index contributed by atoms with van der Waals surface area (Å²) in [4.78, 5) is 11.4. The molecule has 0 aliphatic heterocycles. The molecule has 1 unspecified atom stereocenters. The minimum atomic E-state index is -2.05. The van der Waals surface area contributed by atoms with E-state index in [0.29, 0.717) is 12.4 Å². The number of hydrogen-bond donors (Lipinski definition) is 2. The van der Waals surface area contributed by atoms with Crippen molar-refractivity contribution in [1.29, 1.82) is 0 Å². The van der Waals surface area contributed by atoms with Gasteiger partial charge in [0.25, 0.3) is 0 Å². The molecule has 2 aromatic rings. The van der Waals surface area contributed by atoms with Crippen LogP contribution < -0.4 is 10.5 Å². The highest BCUT2D eigenvalue weighted by molar-refractivity contribution is 5.76. The van der Waals surface area contributed by atoms with Gasteiger partial charge in [-0.25, -0.2) is 9.18 Å². The summed E-state index contributed by atoms with van der Waals surface area (Å²) in [6, 6.07) is 12.6. The molecule has 2 atom stereocenters. The maximum Gasteiger partial charge on any atom is 0.342 e. The Bertz CT molecular complexity index is 678. The minimum absolute atomic E-state index is 0.0597. The van der Waals surface area contributed by atoms with Gasteiger partial charge in [-0.15, -0.1) is 0 Å². The number of rotatable bonds is 7. The lowest BCUT2D eigenvalue weighted by Crippen LogP contribution is -2.31. The summed E-state index contributed by atoms with van der Waals surface area (Å²) >= 11 is 0. The monoisotopic (exact) mass is 333 g/mol. The van der Waals surface area contributed by atoms with Gasteiger partial charge in [-0.3, -0.25) is 0 Å². The first-order valence-electron chi connectivity index (χ1n) is 7.58. The number of carbonyl (C=O) groups excluding carboxylic acids is 1. The third-order valence-corrected chi connectivity index (χ3v) is 3.44. The van der Waals surface area contributed by atoms with E-state index in [-0.39, 0.29) is 17.9 Å². The average Bonchev–Trinajstić information content (AvgIpc) is 2.60. The van der Waals surface area contributed by atoms with Crippen LogP contribution in [0.4, 0.5) is 4.39 Å². The summed E-state index contributed by atoms with van der Waals surface area (Å²) in [5.41, 5.74) is 6.80. The highest BCUT2D eigenvalue weighted by atomic mass is 19.1. The summed E-state index contributed by atoms with van der Waals surface area (Å²) in [6.07, 6.45) is -2.05. The zero-order valence-electron chi connectivity index (χ0n) is 13.3. The standard InChI is InChI=1S/C18H20FNO4/c1-2-23-18(22)16(19)17(20)14-9-8-13(10-15(14)21)24-11-12-6-4-3-5-7-12/h3-10,16-17,21H,2,11,20H2,1H3/t16?,17-/m0/s1. The molecule has 0 aliphatic rings. The molecular formula is C18H20FNO4. The second-order valence-electron chi connectivity index (χ2n) is 5.17. The van der Waals surface area contributed by atoms with Crippen molar-refractivity contribution in [1.82, 2.24) is 0 Å². The summed E-state index contributed by atoms with van der Waals surface area (Å²) < 4.78 is 24.1. The molecule has 24 heavy (non-hydrogen) atoms. The second-order valence-corrected chi connectivity index (χ2v) is 5.17. The van der Waals surface area contributed by atoms with E-state index < -0.39 is 18.2 Å².